The van der Waals surface area contributed by atoms with E-state index in [0.717, 1.165) is 5.56 Å². The summed E-state index contributed by atoms with van der Waals surface area (Å²) >= 11 is 0. The molecule has 0 unspecified atom stereocenters. The van der Waals surface area contributed by atoms with Gasteiger partial charge in [0.25, 0.3) is 0 Å². The van der Waals surface area contributed by atoms with Crippen molar-refractivity contribution >= 4 is 11.6 Å². The number of hydrogen-bond donors (Lipinski definition) is 0. The Morgan fingerprint density at radius 3 is 1.40 bits per heavy atom. The summed E-state index contributed by atoms with van der Waals surface area (Å²) in [6.45, 7) is 24.6. The topological polar surface area (TPSA) is 52.6 Å². The first-order chi connectivity index (χ1) is 15.7. The molecule has 35 heavy (non-hydrogen) atoms. The molecule has 0 bridgehead atoms. The smallest absolute Gasteiger partial charge is 0.170 e. The molecule has 0 aliphatic carbocycles. The number of ether oxygens (including phenoxy) is 2. The molecule has 0 radical (unpaired) electrons. The van der Waals surface area contributed by atoms with Gasteiger partial charge in [-0.15, -0.1) is 0 Å². The number of carbonyl (C=O) groups excluding carboxylic acids is 2. The lowest BCUT2D eigenvalue weighted by atomic mass is 9.74. The van der Waals surface area contributed by atoms with Gasteiger partial charge >= 0.3 is 0 Å². The molecule has 0 saturated heterocycles. The molecular formula is C31H44O4. The summed E-state index contributed by atoms with van der Waals surface area (Å²) in [6, 6.07) is 11.0. The van der Waals surface area contributed by atoms with Crippen molar-refractivity contribution in [3.8, 4) is 11.5 Å². The van der Waals surface area contributed by atoms with Gasteiger partial charge in [-0.1, -0.05) is 53.7 Å². The van der Waals surface area contributed by atoms with E-state index in [-0.39, 0.29) is 28.8 Å². The van der Waals surface area contributed by atoms with E-state index in [9.17, 15) is 9.59 Å². The minimum Gasteiger partial charge on any atom is -0.488 e. The Morgan fingerprint density at radius 2 is 1.00 bits per heavy atom. The van der Waals surface area contributed by atoms with Crippen LogP contribution in [-0.4, -0.2) is 22.8 Å². The molecule has 0 aromatic heterocycles. The van der Waals surface area contributed by atoms with Gasteiger partial charge in [-0.2, -0.15) is 0 Å². The summed E-state index contributed by atoms with van der Waals surface area (Å²) in [4.78, 5) is 26.5. The first kappa shape index (κ1) is 28.6. The second-order valence-electron chi connectivity index (χ2n) is 13.4. The quantitative estimate of drug-likeness (QED) is 0.310. The number of ketones is 2. The van der Waals surface area contributed by atoms with Crippen LogP contribution in [0.3, 0.4) is 0 Å². The van der Waals surface area contributed by atoms with Crippen molar-refractivity contribution in [2.75, 3.05) is 0 Å². The van der Waals surface area contributed by atoms with E-state index < -0.39 is 11.2 Å². The third kappa shape index (κ3) is 8.52. The van der Waals surface area contributed by atoms with Crippen LogP contribution >= 0.6 is 0 Å². The minimum atomic E-state index is -0.436. The van der Waals surface area contributed by atoms with Crippen LogP contribution in [-0.2, 0) is 10.8 Å². The fourth-order valence-corrected chi connectivity index (χ4v) is 3.90. The van der Waals surface area contributed by atoms with Gasteiger partial charge < -0.3 is 9.47 Å². The third-order valence-electron chi connectivity index (χ3n) is 5.33. The summed E-state index contributed by atoms with van der Waals surface area (Å²) < 4.78 is 12.0. The lowest BCUT2D eigenvalue weighted by molar-refractivity contribution is 0.0889. The molecule has 0 fully saturated rings. The van der Waals surface area contributed by atoms with Crippen molar-refractivity contribution in [2.45, 2.75) is 112 Å². The van der Waals surface area contributed by atoms with Crippen molar-refractivity contribution in [2.24, 2.45) is 0 Å². The van der Waals surface area contributed by atoms with E-state index in [2.05, 4.69) is 41.5 Å². The standard InChI is InChI=1S/C31H44O4/c1-28(2,3)24-14-13-20(17-25(24)29(4,5)6)26(32)19-27(33)21-15-22(34-30(7,8)9)18-23(16-21)35-31(10,11)12/h13-18H,19H2,1-12H3. The summed E-state index contributed by atoms with van der Waals surface area (Å²) in [5.41, 5.74) is 2.26. The van der Waals surface area contributed by atoms with Gasteiger partial charge in [0.1, 0.15) is 22.7 Å². The maximum absolute atomic E-state index is 13.2. The van der Waals surface area contributed by atoms with Crippen LogP contribution in [0.2, 0.25) is 0 Å². The number of hydrogen-bond acceptors (Lipinski definition) is 4. The van der Waals surface area contributed by atoms with Gasteiger partial charge in [0.2, 0.25) is 0 Å². The summed E-state index contributed by atoms with van der Waals surface area (Å²) in [5, 5.41) is 0. The maximum Gasteiger partial charge on any atom is 0.170 e. The van der Waals surface area contributed by atoms with E-state index in [1.807, 2.05) is 59.7 Å². The van der Waals surface area contributed by atoms with Gasteiger partial charge in [-0.25, -0.2) is 0 Å². The highest BCUT2D eigenvalue weighted by molar-refractivity contribution is 6.13. The lowest BCUT2D eigenvalue weighted by Gasteiger charge is -2.30. The molecule has 4 heteroatoms. The normalized spacial score (nSPS) is 12.9. The first-order valence-electron chi connectivity index (χ1n) is 12.4. The van der Waals surface area contributed by atoms with Gasteiger partial charge in [0.15, 0.2) is 11.6 Å². The molecular weight excluding hydrogens is 436 g/mol. The zero-order valence-corrected chi connectivity index (χ0v) is 23.8. The van der Waals surface area contributed by atoms with Crippen LogP contribution in [0.25, 0.3) is 0 Å². The van der Waals surface area contributed by atoms with Crippen molar-refractivity contribution < 1.29 is 19.1 Å². The molecule has 2 aromatic carbocycles. The SMILES string of the molecule is CC(C)(C)Oc1cc(OC(C)(C)C)cc(C(=O)CC(=O)c2ccc(C(C)(C)C)c(C(C)(C)C)c2)c1. The molecule has 2 aromatic rings. The maximum atomic E-state index is 13.2. The second kappa shape index (κ2) is 9.79. The monoisotopic (exact) mass is 480 g/mol. The van der Waals surface area contributed by atoms with Gasteiger partial charge in [0.05, 0.1) is 6.42 Å². The van der Waals surface area contributed by atoms with Crippen molar-refractivity contribution in [3.05, 3.63) is 58.7 Å². The van der Waals surface area contributed by atoms with E-state index in [1.54, 1.807) is 18.2 Å². The van der Waals surface area contributed by atoms with Crippen molar-refractivity contribution in [1.82, 2.24) is 0 Å². The van der Waals surface area contributed by atoms with Crippen LogP contribution in [0.5, 0.6) is 11.5 Å². The van der Waals surface area contributed by atoms with Crippen LogP contribution in [0.4, 0.5) is 0 Å². The average molecular weight is 481 g/mol. The molecule has 0 heterocycles. The lowest BCUT2D eigenvalue weighted by Crippen LogP contribution is -2.25. The fourth-order valence-electron chi connectivity index (χ4n) is 3.90. The highest BCUT2D eigenvalue weighted by Gasteiger charge is 2.27. The number of Topliss-reactive ketones (excluding diaryl/α,β-unsaturated/α-hetero) is 2. The zero-order chi connectivity index (χ0) is 27.0. The fraction of sp³-hybridized carbons (Fsp3) is 0.548. The Labute approximate surface area is 212 Å². The summed E-state index contributed by atoms with van der Waals surface area (Å²) in [7, 11) is 0. The van der Waals surface area contributed by atoms with Crippen LogP contribution in [0.1, 0.15) is 121 Å². The van der Waals surface area contributed by atoms with Crippen molar-refractivity contribution in [3.63, 3.8) is 0 Å². The molecule has 0 amide bonds. The largest absolute Gasteiger partial charge is 0.488 e. The Balaban J connectivity index is 2.40. The molecule has 0 aliphatic rings. The zero-order valence-electron chi connectivity index (χ0n) is 23.8. The molecule has 2 rings (SSSR count). The predicted molar refractivity (Wildman–Crippen MR) is 144 cm³/mol. The minimum absolute atomic E-state index is 0.0447. The average Bonchev–Trinajstić information content (AvgIpc) is 2.63. The van der Waals surface area contributed by atoms with Gasteiger partial charge in [-0.05, 0) is 81.7 Å². The summed E-state index contributed by atoms with van der Waals surface area (Å²) in [5.74, 6) is 0.630. The van der Waals surface area contributed by atoms with E-state index >= 15 is 0 Å². The Kier molecular flexibility index (Phi) is 8.01. The van der Waals surface area contributed by atoms with Crippen LogP contribution in [0, 0.1) is 0 Å². The Morgan fingerprint density at radius 1 is 0.571 bits per heavy atom. The molecule has 0 saturated carbocycles. The Bertz CT molecular complexity index is 1050. The molecule has 0 spiro atoms. The molecule has 0 aliphatic heterocycles. The first-order valence-corrected chi connectivity index (χ1v) is 12.4. The molecule has 4 nitrogen and oxygen atoms in total. The second-order valence-corrected chi connectivity index (χ2v) is 13.4. The molecule has 192 valence electrons. The Hall–Kier alpha value is -2.62. The molecule has 0 atom stereocenters. The highest BCUT2D eigenvalue weighted by Crippen LogP contribution is 2.35. The van der Waals surface area contributed by atoms with E-state index in [4.69, 9.17) is 9.47 Å². The van der Waals surface area contributed by atoms with Gasteiger partial charge in [-0.3, -0.25) is 9.59 Å². The van der Waals surface area contributed by atoms with E-state index in [1.165, 1.54) is 5.56 Å². The summed E-state index contributed by atoms with van der Waals surface area (Å²) in [6.07, 6.45) is -0.216. The van der Waals surface area contributed by atoms with Gasteiger partial charge in [0, 0.05) is 17.2 Å². The predicted octanol–water partition coefficient (Wildman–Crippen LogP) is 8.09. The van der Waals surface area contributed by atoms with Crippen LogP contribution in [0.15, 0.2) is 36.4 Å². The number of benzene rings is 2. The van der Waals surface area contributed by atoms with Crippen molar-refractivity contribution in [1.29, 1.82) is 0 Å². The van der Waals surface area contributed by atoms with E-state index in [0.29, 0.717) is 22.6 Å². The number of carbonyl (C=O) groups is 2. The molecule has 0 N–H and O–H groups in total. The highest BCUT2D eigenvalue weighted by atomic mass is 16.5. The van der Waals surface area contributed by atoms with Crippen LogP contribution < -0.4 is 9.47 Å². The number of rotatable bonds is 6. The third-order valence-corrected chi connectivity index (χ3v) is 5.33.